The average Bonchev–Trinajstić information content (AvgIpc) is 2.17. The van der Waals surface area contributed by atoms with Crippen molar-refractivity contribution < 1.29 is 0 Å². The van der Waals surface area contributed by atoms with Crippen molar-refractivity contribution in [2.24, 2.45) is 15.7 Å². The SMILES string of the molecule is NC1=NC(=S)N=C(Nc2ccccc2)C1. The van der Waals surface area contributed by atoms with Crippen molar-refractivity contribution in [2.75, 3.05) is 5.32 Å². The van der Waals surface area contributed by atoms with E-state index in [1.807, 2.05) is 30.3 Å². The fraction of sp³-hybridized carbons (Fsp3) is 0.100. The normalized spacial score (nSPS) is 15.6. The summed E-state index contributed by atoms with van der Waals surface area (Å²) in [7, 11) is 0. The number of anilines is 1. The Kier molecular flexibility index (Phi) is 2.73. The quantitative estimate of drug-likeness (QED) is 0.703. The van der Waals surface area contributed by atoms with Crippen LogP contribution in [0.4, 0.5) is 5.69 Å². The summed E-state index contributed by atoms with van der Waals surface area (Å²) < 4.78 is 0. The van der Waals surface area contributed by atoms with Gasteiger partial charge in [0.25, 0.3) is 0 Å². The molecule has 76 valence electrons. The van der Waals surface area contributed by atoms with Crippen LogP contribution < -0.4 is 11.1 Å². The highest BCUT2D eigenvalue weighted by Crippen LogP contribution is 2.08. The fourth-order valence-corrected chi connectivity index (χ4v) is 1.50. The molecule has 0 aliphatic carbocycles. The molecule has 3 N–H and O–H groups in total. The summed E-state index contributed by atoms with van der Waals surface area (Å²) in [4.78, 5) is 7.97. The van der Waals surface area contributed by atoms with Gasteiger partial charge < -0.3 is 11.1 Å². The molecule has 0 atom stereocenters. The molecule has 1 aromatic carbocycles. The summed E-state index contributed by atoms with van der Waals surface area (Å²) in [5.74, 6) is 1.23. The molecule has 0 fully saturated rings. The topological polar surface area (TPSA) is 62.8 Å². The van der Waals surface area contributed by atoms with Gasteiger partial charge in [-0.05, 0) is 24.4 Å². The van der Waals surface area contributed by atoms with Gasteiger partial charge in [0.2, 0.25) is 5.11 Å². The van der Waals surface area contributed by atoms with Crippen molar-refractivity contribution in [1.82, 2.24) is 0 Å². The lowest BCUT2D eigenvalue weighted by Gasteiger charge is -2.12. The van der Waals surface area contributed by atoms with Gasteiger partial charge in [0.15, 0.2) is 0 Å². The molecule has 5 heteroatoms. The molecule has 0 unspecified atom stereocenters. The standard InChI is InChI=1S/C10H10N4S/c11-8-6-9(14-10(15)13-8)12-7-4-2-1-3-5-7/h1-5H,6H2,(H3,11,12,13,14,15). The Morgan fingerprint density at radius 2 is 1.93 bits per heavy atom. The Morgan fingerprint density at radius 1 is 1.20 bits per heavy atom. The predicted molar refractivity (Wildman–Crippen MR) is 66.3 cm³/mol. The van der Waals surface area contributed by atoms with Crippen LogP contribution in [-0.4, -0.2) is 16.8 Å². The summed E-state index contributed by atoms with van der Waals surface area (Å²) >= 11 is 4.88. The Labute approximate surface area is 92.9 Å². The molecular formula is C10H10N4S. The monoisotopic (exact) mass is 218 g/mol. The highest BCUT2D eigenvalue weighted by molar-refractivity contribution is 7.80. The van der Waals surface area contributed by atoms with E-state index in [1.54, 1.807) is 0 Å². The number of hydrogen-bond donors (Lipinski definition) is 2. The average molecular weight is 218 g/mol. The lowest BCUT2D eigenvalue weighted by atomic mass is 10.3. The predicted octanol–water partition coefficient (Wildman–Crippen LogP) is 1.54. The third kappa shape index (κ3) is 2.60. The van der Waals surface area contributed by atoms with E-state index >= 15 is 0 Å². The Bertz CT molecular complexity index is 436. The minimum atomic E-state index is 0.275. The largest absolute Gasteiger partial charge is 0.387 e. The first-order chi connectivity index (χ1) is 7.24. The number of rotatable bonds is 1. The first-order valence-electron chi connectivity index (χ1n) is 4.51. The van der Waals surface area contributed by atoms with E-state index in [-0.39, 0.29) is 5.11 Å². The number of hydrogen-bond acceptors (Lipinski definition) is 3. The van der Waals surface area contributed by atoms with Crippen LogP contribution in [0.2, 0.25) is 0 Å². The molecule has 2 rings (SSSR count). The second-order valence-electron chi connectivity index (χ2n) is 3.11. The molecule has 0 saturated carbocycles. The second kappa shape index (κ2) is 4.18. The molecule has 0 radical (unpaired) electrons. The van der Waals surface area contributed by atoms with Crippen molar-refractivity contribution in [1.29, 1.82) is 0 Å². The van der Waals surface area contributed by atoms with Crippen LogP contribution in [-0.2, 0) is 0 Å². The zero-order chi connectivity index (χ0) is 10.7. The second-order valence-corrected chi connectivity index (χ2v) is 3.48. The van der Waals surface area contributed by atoms with Crippen molar-refractivity contribution in [3.05, 3.63) is 30.3 Å². The number of nitrogens with zero attached hydrogens (tertiary/aromatic N) is 2. The van der Waals surface area contributed by atoms with Gasteiger partial charge in [-0.3, -0.25) is 0 Å². The molecule has 1 aromatic rings. The van der Waals surface area contributed by atoms with Crippen LogP contribution >= 0.6 is 12.2 Å². The van der Waals surface area contributed by atoms with Gasteiger partial charge in [-0.25, -0.2) is 9.98 Å². The number of para-hydroxylation sites is 1. The van der Waals surface area contributed by atoms with E-state index in [0.29, 0.717) is 12.3 Å². The minimum Gasteiger partial charge on any atom is -0.387 e. The smallest absolute Gasteiger partial charge is 0.222 e. The third-order valence-corrected chi connectivity index (χ3v) is 2.06. The van der Waals surface area contributed by atoms with Gasteiger partial charge in [0, 0.05) is 5.69 Å². The first-order valence-corrected chi connectivity index (χ1v) is 4.91. The van der Waals surface area contributed by atoms with Crippen molar-refractivity contribution in [2.45, 2.75) is 6.42 Å². The number of thiocarbonyl (C=S) groups is 1. The summed E-state index contributed by atoms with van der Waals surface area (Å²) in [5.41, 5.74) is 6.58. The number of nitrogens with two attached hydrogens (primary N) is 1. The van der Waals surface area contributed by atoms with Gasteiger partial charge in [-0.2, -0.15) is 0 Å². The van der Waals surface area contributed by atoms with E-state index < -0.39 is 0 Å². The van der Waals surface area contributed by atoms with Crippen LogP contribution in [0.15, 0.2) is 40.3 Å². The molecule has 0 amide bonds. The fourth-order valence-electron chi connectivity index (χ4n) is 1.27. The molecule has 1 aliphatic rings. The van der Waals surface area contributed by atoms with Crippen LogP contribution in [0.5, 0.6) is 0 Å². The zero-order valence-electron chi connectivity index (χ0n) is 7.97. The van der Waals surface area contributed by atoms with E-state index in [9.17, 15) is 0 Å². The molecule has 15 heavy (non-hydrogen) atoms. The molecular weight excluding hydrogens is 208 g/mol. The van der Waals surface area contributed by atoms with Crippen molar-refractivity contribution in [3.8, 4) is 0 Å². The van der Waals surface area contributed by atoms with Crippen LogP contribution in [0, 0.1) is 0 Å². The van der Waals surface area contributed by atoms with E-state index in [4.69, 9.17) is 18.0 Å². The summed E-state index contributed by atoms with van der Waals surface area (Å²) in [6, 6.07) is 9.75. The summed E-state index contributed by atoms with van der Waals surface area (Å²) in [6.45, 7) is 0. The maximum atomic E-state index is 5.61. The highest BCUT2D eigenvalue weighted by atomic mass is 32.1. The number of amidine groups is 2. The van der Waals surface area contributed by atoms with Crippen LogP contribution in [0.1, 0.15) is 6.42 Å². The zero-order valence-corrected chi connectivity index (χ0v) is 8.79. The number of aliphatic imine (C=N–C) groups is 2. The third-order valence-electron chi connectivity index (χ3n) is 1.88. The van der Waals surface area contributed by atoms with Gasteiger partial charge >= 0.3 is 0 Å². The lowest BCUT2D eigenvalue weighted by Crippen LogP contribution is -2.27. The summed E-state index contributed by atoms with van der Waals surface area (Å²) in [6.07, 6.45) is 0.509. The van der Waals surface area contributed by atoms with E-state index in [0.717, 1.165) is 11.5 Å². The molecule has 0 bridgehead atoms. The van der Waals surface area contributed by atoms with Crippen LogP contribution in [0.25, 0.3) is 0 Å². The maximum Gasteiger partial charge on any atom is 0.222 e. The molecule has 1 aliphatic heterocycles. The molecule has 0 aromatic heterocycles. The van der Waals surface area contributed by atoms with E-state index in [2.05, 4.69) is 15.3 Å². The Morgan fingerprint density at radius 3 is 2.60 bits per heavy atom. The Hall–Kier alpha value is -1.75. The first kappa shape index (κ1) is 9.79. The molecule has 0 saturated heterocycles. The number of benzene rings is 1. The lowest BCUT2D eigenvalue weighted by molar-refractivity contribution is 1.34. The van der Waals surface area contributed by atoms with E-state index in [1.165, 1.54) is 0 Å². The number of nitrogens with one attached hydrogen (secondary N) is 1. The minimum absolute atomic E-state index is 0.275. The molecule has 1 heterocycles. The van der Waals surface area contributed by atoms with Gasteiger partial charge in [0.1, 0.15) is 11.7 Å². The molecule has 0 spiro atoms. The Balaban J connectivity index is 2.11. The van der Waals surface area contributed by atoms with Crippen molar-refractivity contribution in [3.63, 3.8) is 0 Å². The van der Waals surface area contributed by atoms with Crippen molar-refractivity contribution >= 4 is 34.7 Å². The van der Waals surface area contributed by atoms with Gasteiger partial charge in [-0.1, -0.05) is 18.2 Å². The maximum absolute atomic E-state index is 5.61. The van der Waals surface area contributed by atoms with Gasteiger partial charge in [0.05, 0.1) is 6.42 Å². The molecule has 4 nitrogen and oxygen atoms in total. The van der Waals surface area contributed by atoms with Crippen LogP contribution in [0.3, 0.4) is 0 Å². The van der Waals surface area contributed by atoms with Gasteiger partial charge in [-0.15, -0.1) is 0 Å². The summed E-state index contributed by atoms with van der Waals surface area (Å²) in [5, 5.41) is 3.42. The highest BCUT2D eigenvalue weighted by Gasteiger charge is 2.10.